The third-order valence-electron chi connectivity index (χ3n) is 4.61. The number of halogens is 1. The van der Waals surface area contributed by atoms with E-state index in [0.29, 0.717) is 43.5 Å². The summed E-state index contributed by atoms with van der Waals surface area (Å²) in [6, 6.07) is 6.67. The van der Waals surface area contributed by atoms with Gasteiger partial charge in [0.05, 0.1) is 13.2 Å². The van der Waals surface area contributed by atoms with Gasteiger partial charge < -0.3 is 14.1 Å². The van der Waals surface area contributed by atoms with Crippen LogP contribution in [-0.4, -0.2) is 40.7 Å². The van der Waals surface area contributed by atoms with Crippen LogP contribution >= 0.6 is 0 Å². The van der Waals surface area contributed by atoms with Crippen LogP contribution in [0.15, 0.2) is 28.7 Å². The molecule has 0 radical (unpaired) electrons. The lowest BCUT2D eigenvalue weighted by atomic mass is 10.1. The largest absolute Gasteiger partial charge is 0.423 e. The van der Waals surface area contributed by atoms with E-state index in [1.165, 1.54) is 6.07 Å². The number of nitrogens with zero attached hydrogens (tertiary/aromatic N) is 3. The number of hydrogen-bond acceptors (Lipinski definition) is 5. The average molecular weight is 331 g/mol. The monoisotopic (exact) mass is 331 g/mol. The molecule has 0 bridgehead atoms. The van der Waals surface area contributed by atoms with Crippen LogP contribution in [0.25, 0.3) is 0 Å². The summed E-state index contributed by atoms with van der Waals surface area (Å²) >= 11 is 0. The van der Waals surface area contributed by atoms with Crippen LogP contribution in [0.5, 0.6) is 0 Å². The minimum atomic E-state index is -0.394. The third kappa shape index (κ3) is 2.80. The molecule has 126 valence electrons. The van der Waals surface area contributed by atoms with E-state index < -0.39 is 6.10 Å². The van der Waals surface area contributed by atoms with Gasteiger partial charge in [-0.3, -0.25) is 4.79 Å². The molecule has 1 amide bonds. The molecule has 24 heavy (non-hydrogen) atoms. The summed E-state index contributed by atoms with van der Waals surface area (Å²) in [5.74, 6) is 0.507. The molecule has 1 aliphatic heterocycles. The normalized spacial score (nSPS) is 26.4. The number of aryl methyl sites for hydroxylation is 1. The fraction of sp³-hybridized carbons (Fsp3) is 0.471. The molecule has 2 heterocycles. The molecule has 7 heteroatoms. The number of carbonyl (C=O) groups is 1. The van der Waals surface area contributed by atoms with E-state index in [1.54, 1.807) is 30.0 Å². The molecular weight excluding hydrogens is 313 g/mol. The summed E-state index contributed by atoms with van der Waals surface area (Å²) in [5, 5.41) is 7.77. The minimum absolute atomic E-state index is 0.0226. The molecule has 2 aliphatic rings. The van der Waals surface area contributed by atoms with Gasteiger partial charge in [0.15, 0.2) is 6.10 Å². The van der Waals surface area contributed by atoms with Crippen LogP contribution in [0.4, 0.5) is 4.39 Å². The van der Waals surface area contributed by atoms with Gasteiger partial charge >= 0.3 is 0 Å². The van der Waals surface area contributed by atoms with Crippen molar-refractivity contribution in [1.82, 2.24) is 15.1 Å². The first-order chi connectivity index (χ1) is 11.6. The third-order valence-corrected chi connectivity index (χ3v) is 4.61. The molecule has 1 aromatic carbocycles. The Morgan fingerprint density at radius 2 is 2.17 bits per heavy atom. The maximum atomic E-state index is 13.9. The Kier molecular flexibility index (Phi) is 3.80. The van der Waals surface area contributed by atoms with E-state index in [-0.39, 0.29) is 23.6 Å². The molecule has 2 fully saturated rings. The lowest BCUT2D eigenvalue weighted by Crippen LogP contribution is -2.43. The van der Waals surface area contributed by atoms with E-state index >= 15 is 0 Å². The molecule has 4 rings (SSSR count). The quantitative estimate of drug-likeness (QED) is 0.863. The lowest BCUT2D eigenvalue weighted by molar-refractivity contribution is -0.141. The highest BCUT2D eigenvalue weighted by Gasteiger charge is 2.47. The van der Waals surface area contributed by atoms with E-state index in [9.17, 15) is 9.18 Å². The number of hydrogen-bond donors (Lipinski definition) is 0. The molecule has 0 unspecified atom stereocenters. The number of morpholine rings is 1. The second-order valence-corrected chi connectivity index (χ2v) is 6.27. The lowest BCUT2D eigenvalue weighted by Gasteiger charge is -2.31. The van der Waals surface area contributed by atoms with E-state index in [0.717, 1.165) is 0 Å². The maximum Gasteiger partial charge on any atom is 0.246 e. The highest BCUT2D eigenvalue weighted by Crippen LogP contribution is 2.49. The molecule has 6 nitrogen and oxygen atoms in total. The molecule has 1 saturated carbocycles. The van der Waals surface area contributed by atoms with Gasteiger partial charge in [-0.05, 0) is 24.0 Å². The highest BCUT2D eigenvalue weighted by atomic mass is 19.1. The summed E-state index contributed by atoms with van der Waals surface area (Å²) in [6.07, 6.45) is 0.302. The Bertz CT molecular complexity index is 763. The second kappa shape index (κ2) is 5.98. The molecule has 1 saturated heterocycles. The Morgan fingerprint density at radius 1 is 1.33 bits per heavy atom. The highest BCUT2D eigenvalue weighted by molar-refractivity contribution is 5.83. The molecular formula is C17H18FN3O3. The topological polar surface area (TPSA) is 68.5 Å². The summed E-state index contributed by atoms with van der Waals surface area (Å²) in [5.41, 5.74) is 0.633. The summed E-state index contributed by atoms with van der Waals surface area (Å²) < 4.78 is 24.9. The van der Waals surface area contributed by atoms with Crippen LogP contribution in [0.2, 0.25) is 0 Å². The van der Waals surface area contributed by atoms with Crippen LogP contribution in [0.3, 0.4) is 0 Å². The molecule has 1 aliphatic carbocycles. The van der Waals surface area contributed by atoms with Crippen molar-refractivity contribution >= 4 is 5.91 Å². The first-order valence-corrected chi connectivity index (χ1v) is 8.08. The Balaban J connectivity index is 1.43. The minimum Gasteiger partial charge on any atom is -0.423 e. The second-order valence-electron chi connectivity index (χ2n) is 6.27. The van der Waals surface area contributed by atoms with E-state index in [2.05, 4.69) is 10.2 Å². The zero-order valence-electron chi connectivity index (χ0n) is 13.3. The van der Waals surface area contributed by atoms with E-state index in [4.69, 9.17) is 9.15 Å². The Morgan fingerprint density at radius 3 is 2.92 bits per heavy atom. The molecule has 2 aromatic rings. The molecule has 3 atom stereocenters. The first-order valence-electron chi connectivity index (χ1n) is 8.08. The maximum absolute atomic E-state index is 13.9. The van der Waals surface area contributed by atoms with Gasteiger partial charge in [-0.2, -0.15) is 0 Å². The van der Waals surface area contributed by atoms with Crippen LogP contribution < -0.4 is 0 Å². The number of amides is 1. The first kappa shape index (κ1) is 15.3. The van der Waals surface area contributed by atoms with E-state index in [1.807, 2.05) is 0 Å². The number of carbonyl (C=O) groups excluding carboxylic acids is 1. The zero-order chi connectivity index (χ0) is 16.7. The smallest absolute Gasteiger partial charge is 0.246 e. The van der Waals surface area contributed by atoms with Crippen molar-refractivity contribution in [3.63, 3.8) is 0 Å². The average Bonchev–Trinajstić information content (AvgIpc) is 3.27. The van der Waals surface area contributed by atoms with Crippen molar-refractivity contribution in [3.05, 3.63) is 47.4 Å². The fourth-order valence-electron chi connectivity index (χ4n) is 3.26. The standard InChI is InChI=1S/C17H18FN3O3/c1-10-19-20-16(24-10)15-9-21(6-7-23-15)17(22)13-8-12(13)11-4-2-3-5-14(11)18/h2-5,12-13,15H,6-9H2,1H3/t12-,13-,15+/m1/s1. The van der Waals surface area contributed by atoms with Gasteiger partial charge in [0, 0.05) is 19.4 Å². The molecule has 1 aromatic heterocycles. The Labute approximate surface area is 138 Å². The van der Waals surface area contributed by atoms with Crippen LogP contribution in [0, 0.1) is 18.7 Å². The number of benzene rings is 1. The SMILES string of the molecule is Cc1nnc([C@@H]2CN(C(=O)[C@@H]3C[C@@H]3c3ccccc3F)CCO2)o1. The Hall–Kier alpha value is -2.28. The van der Waals surface area contributed by atoms with Crippen molar-refractivity contribution in [3.8, 4) is 0 Å². The predicted octanol–water partition coefficient (Wildman–Crippen LogP) is 2.22. The van der Waals surface area contributed by atoms with Crippen molar-refractivity contribution in [2.75, 3.05) is 19.7 Å². The van der Waals surface area contributed by atoms with Gasteiger partial charge in [-0.25, -0.2) is 4.39 Å². The van der Waals surface area contributed by atoms with Crippen molar-refractivity contribution in [1.29, 1.82) is 0 Å². The number of aromatic nitrogens is 2. The fourth-order valence-corrected chi connectivity index (χ4v) is 3.26. The predicted molar refractivity (Wildman–Crippen MR) is 81.6 cm³/mol. The summed E-state index contributed by atoms with van der Waals surface area (Å²) in [4.78, 5) is 14.5. The van der Waals surface area contributed by atoms with Gasteiger partial charge in [0.1, 0.15) is 5.82 Å². The summed E-state index contributed by atoms with van der Waals surface area (Å²) in [6.45, 7) is 3.06. The molecule has 0 N–H and O–H groups in total. The van der Waals surface area contributed by atoms with Crippen LogP contribution in [-0.2, 0) is 9.53 Å². The van der Waals surface area contributed by atoms with Gasteiger partial charge in [-0.1, -0.05) is 18.2 Å². The molecule has 0 spiro atoms. The zero-order valence-corrected chi connectivity index (χ0v) is 13.3. The van der Waals surface area contributed by atoms with Gasteiger partial charge in [0.25, 0.3) is 0 Å². The van der Waals surface area contributed by atoms with Crippen molar-refractivity contribution in [2.45, 2.75) is 25.4 Å². The summed E-state index contributed by atoms with van der Waals surface area (Å²) in [7, 11) is 0. The van der Waals surface area contributed by atoms with Crippen LogP contribution in [0.1, 0.15) is 35.8 Å². The van der Waals surface area contributed by atoms with Gasteiger partial charge in [0.2, 0.25) is 17.7 Å². The number of ether oxygens (including phenoxy) is 1. The van der Waals surface area contributed by atoms with Gasteiger partial charge in [-0.15, -0.1) is 10.2 Å². The van der Waals surface area contributed by atoms with Crippen molar-refractivity contribution < 1.29 is 18.3 Å². The van der Waals surface area contributed by atoms with Crippen molar-refractivity contribution in [2.24, 2.45) is 5.92 Å². The number of rotatable bonds is 3.